The first-order valence-electron chi connectivity index (χ1n) is 6.08. The molecule has 19 heavy (non-hydrogen) atoms. The fourth-order valence-corrected chi connectivity index (χ4v) is 1.82. The first-order chi connectivity index (χ1) is 9.08. The molecule has 0 atom stereocenters. The molecule has 0 unspecified atom stereocenters. The number of benzene rings is 1. The van der Waals surface area contributed by atoms with Gasteiger partial charge in [-0.25, -0.2) is 0 Å². The van der Waals surface area contributed by atoms with Gasteiger partial charge in [-0.3, -0.25) is 4.98 Å². The average Bonchev–Trinajstić information content (AvgIpc) is 2.38. The van der Waals surface area contributed by atoms with Crippen molar-refractivity contribution in [3.05, 3.63) is 53.3 Å². The Bertz CT molecular complexity index is 572. The van der Waals surface area contributed by atoms with Gasteiger partial charge in [0.25, 0.3) is 0 Å². The second-order valence-corrected chi connectivity index (χ2v) is 4.47. The van der Waals surface area contributed by atoms with Gasteiger partial charge in [0.2, 0.25) is 0 Å². The SMILES string of the molecule is Cc1ccc(OCc2ncccc2C)c(B(O)O)c1. The van der Waals surface area contributed by atoms with E-state index < -0.39 is 7.12 Å². The summed E-state index contributed by atoms with van der Waals surface area (Å²) >= 11 is 0. The number of hydrogen-bond acceptors (Lipinski definition) is 4. The van der Waals surface area contributed by atoms with E-state index in [1.165, 1.54) is 0 Å². The Labute approximate surface area is 112 Å². The number of rotatable bonds is 4. The molecule has 0 saturated heterocycles. The number of aromatic nitrogens is 1. The first kappa shape index (κ1) is 13.6. The zero-order chi connectivity index (χ0) is 13.8. The maximum Gasteiger partial charge on any atom is 0.492 e. The minimum absolute atomic E-state index is 0.301. The molecule has 2 N–H and O–H groups in total. The third kappa shape index (κ3) is 3.33. The molecule has 0 aliphatic carbocycles. The normalized spacial score (nSPS) is 10.3. The quantitative estimate of drug-likeness (QED) is 0.801. The van der Waals surface area contributed by atoms with Gasteiger partial charge < -0.3 is 14.8 Å². The molecular formula is C14H16BNO3. The van der Waals surface area contributed by atoms with Gasteiger partial charge in [0.15, 0.2) is 0 Å². The lowest BCUT2D eigenvalue weighted by Crippen LogP contribution is -2.31. The highest BCUT2D eigenvalue weighted by Gasteiger charge is 2.17. The zero-order valence-electron chi connectivity index (χ0n) is 11.0. The van der Waals surface area contributed by atoms with Crippen molar-refractivity contribution in [2.75, 3.05) is 0 Å². The lowest BCUT2D eigenvalue weighted by Gasteiger charge is -2.12. The molecule has 0 aliphatic heterocycles. The van der Waals surface area contributed by atoms with Crippen molar-refractivity contribution in [1.82, 2.24) is 4.98 Å². The number of pyridine rings is 1. The van der Waals surface area contributed by atoms with Crippen LogP contribution in [-0.4, -0.2) is 22.2 Å². The van der Waals surface area contributed by atoms with E-state index in [0.717, 1.165) is 16.8 Å². The van der Waals surface area contributed by atoms with E-state index >= 15 is 0 Å². The molecular weight excluding hydrogens is 241 g/mol. The van der Waals surface area contributed by atoms with Gasteiger partial charge in [0.1, 0.15) is 12.4 Å². The first-order valence-corrected chi connectivity index (χ1v) is 6.08. The molecule has 0 radical (unpaired) electrons. The smallest absolute Gasteiger partial charge is 0.488 e. The monoisotopic (exact) mass is 257 g/mol. The van der Waals surface area contributed by atoms with Gasteiger partial charge >= 0.3 is 7.12 Å². The van der Waals surface area contributed by atoms with Gasteiger partial charge in [-0.15, -0.1) is 0 Å². The summed E-state index contributed by atoms with van der Waals surface area (Å²) in [4.78, 5) is 4.24. The minimum Gasteiger partial charge on any atom is -0.488 e. The Hall–Kier alpha value is -1.85. The van der Waals surface area contributed by atoms with Crippen LogP contribution in [0.5, 0.6) is 5.75 Å². The van der Waals surface area contributed by atoms with E-state index in [-0.39, 0.29) is 0 Å². The van der Waals surface area contributed by atoms with Crippen LogP contribution in [0.3, 0.4) is 0 Å². The van der Waals surface area contributed by atoms with Gasteiger partial charge in [-0.1, -0.05) is 23.8 Å². The second kappa shape index (κ2) is 5.86. The van der Waals surface area contributed by atoms with E-state index in [4.69, 9.17) is 4.74 Å². The number of hydrogen-bond donors (Lipinski definition) is 2. The maximum atomic E-state index is 9.34. The van der Waals surface area contributed by atoms with Crippen LogP contribution in [0, 0.1) is 13.8 Å². The van der Waals surface area contributed by atoms with E-state index in [1.54, 1.807) is 18.3 Å². The van der Waals surface area contributed by atoms with Crippen molar-refractivity contribution in [3.8, 4) is 5.75 Å². The van der Waals surface area contributed by atoms with E-state index in [0.29, 0.717) is 17.8 Å². The van der Waals surface area contributed by atoms with E-state index in [2.05, 4.69) is 4.98 Å². The molecule has 0 amide bonds. The Morgan fingerprint density at radius 1 is 1.21 bits per heavy atom. The minimum atomic E-state index is -1.54. The van der Waals surface area contributed by atoms with Crippen LogP contribution in [-0.2, 0) is 6.61 Å². The highest BCUT2D eigenvalue weighted by Crippen LogP contribution is 2.13. The predicted molar refractivity (Wildman–Crippen MR) is 74.3 cm³/mol. The molecule has 0 saturated carbocycles. The Kier molecular flexibility index (Phi) is 4.19. The molecule has 1 heterocycles. The van der Waals surface area contributed by atoms with Gasteiger partial charge in [0, 0.05) is 11.7 Å². The van der Waals surface area contributed by atoms with Crippen molar-refractivity contribution in [1.29, 1.82) is 0 Å². The molecule has 0 spiro atoms. The molecule has 98 valence electrons. The Balaban J connectivity index is 2.18. The Morgan fingerprint density at radius 3 is 2.68 bits per heavy atom. The van der Waals surface area contributed by atoms with Crippen molar-refractivity contribution in [2.45, 2.75) is 20.5 Å². The molecule has 1 aromatic carbocycles. The van der Waals surface area contributed by atoms with Crippen molar-refractivity contribution < 1.29 is 14.8 Å². The van der Waals surface area contributed by atoms with Crippen LogP contribution in [0.4, 0.5) is 0 Å². The maximum absolute atomic E-state index is 9.34. The third-order valence-electron chi connectivity index (χ3n) is 2.93. The summed E-state index contributed by atoms with van der Waals surface area (Å²) in [6.07, 6.45) is 1.71. The molecule has 0 aliphatic rings. The van der Waals surface area contributed by atoms with E-state index in [1.807, 2.05) is 32.0 Å². The largest absolute Gasteiger partial charge is 0.492 e. The highest BCUT2D eigenvalue weighted by atomic mass is 16.5. The lowest BCUT2D eigenvalue weighted by atomic mass is 9.79. The summed E-state index contributed by atoms with van der Waals surface area (Å²) in [6, 6.07) is 9.14. The average molecular weight is 257 g/mol. The Morgan fingerprint density at radius 2 is 2.00 bits per heavy atom. The van der Waals surface area contributed by atoms with Gasteiger partial charge in [-0.2, -0.15) is 0 Å². The second-order valence-electron chi connectivity index (χ2n) is 4.47. The zero-order valence-corrected chi connectivity index (χ0v) is 11.0. The van der Waals surface area contributed by atoms with E-state index in [9.17, 15) is 10.0 Å². The van der Waals surface area contributed by atoms with Crippen molar-refractivity contribution in [2.24, 2.45) is 0 Å². The van der Waals surface area contributed by atoms with Crippen LogP contribution in [0.15, 0.2) is 36.5 Å². The van der Waals surface area contributed by atoms with Crippen LogP contribution < -0.4 is 10.2 Å². The summed E-state index contributed by atoms with van der Waals surface area (Å²) in [5, 5.41) is 18.7. The summed E-state index contributed by atoms with van der Waals surface area (Å²) in [7, 11) is -1.54. The van der Waals surface area contributed by atoms with Crippen LogP contribution in [0.2, 0.25) is 0 Å². The third-order valence-corrected chi connectivity index (χ3v) is 2.93. The number of aryl methyl sites for hydroxylation is 2. The predicted octanol–water partition coefficient (Wildman–Crippen LogP) is 0.957. The standard InChI is InChI=1S/C14H16BNO3/c1-10-5-6-14(12(8-10)15(17)18)19-9-13-11(2)4-3-7-16-13/h3-8,17-18H,9H2,1-2H3. The molecule has 0 fully saturated rings. The number of nitrogens with zero attached hydrogens (tertiary/aromatic N) is 1. The highest BCUT2D eigenvalue weighted by molar-refractivity contribution is 6.59. The van der Waals surface area contributed by atoms with Crippen LogP contribution in [0.1, 0.15) is 16.8 Å². The molecule has 5 heteroatoms. The summed E-state index contributed by atoms with van der Waals surface area (Å²) < 4.78 is 5.64. The van der Waals surface area contributed by atoms with Crippen molar-refractivity contribution >= 4 is 12.6 Å². The van der Waals surface area contributed by atoms with Crippen molar-refractivity contribution in [3.63, 3.8) is 0 Å². The molecule has 2 aromatic rings. The fourth-order valence-electron chi connectivity index (χ4n) is 1.82. The van der Waals surface area contributed by atoms with Crippen LogP contribution in [0.25, 0.3) is 0 Å². The molecule has 1 aromatic heterocycles. The summed E-state index contributed by atoms with van der Waals surface area (Å²) in [5.41, 5.74) is 3.19. The summed E-state index contributed by atoms with van der Waals surface area (Å²) in [6.45, 7) is 4.15. The fraction of sp³-hybridized carbons (Fsp3) is 0.214. The number of ether oxygens (including phenoxy) is 1. The van der Waals surface area contributed by atoms with Gasteiger partial charge in [-0.05, 0) is 31.5 Å². The van der Waals surface area contributed by atoms with Crippen LogP contribution >= 0.6 is 0 Å². The molecule has 4 nitrogen and oxygen atoms in total. The topological polar surface area (TPSA) is 62.6 Å². The van der Waals surface area contributed by atoms with Gasteiger partial charge in [0.05, 0.1) is 5.69 Å². The molecule has 2 rings (SSSR count). The summed E-state index contributed by atoms with van der Waals surface area (Å²) in [5.74, 6) is 0.464. The lowest BCUT2D eigenvalue weighted by molar-refractivity contribution is 0.301. The molecule has 0 bridgehead atoms.